The highest BCUT2D eigenvalue weighted by Gasteiger charge is 2.31. The van der Waals surface area contributed by atoms with Crippen LogP contribution in [0, 0.1) is 5.92 Å². The molecule has 2 rings (SSSR count). The molecule has 0 aliphatic heterocycles. The summed E-state index contributed by atoms with van der Waals surface area (Å²) in [6.07, 6.45) is 8.24. The molecule has 1 fully saturated rings. The molecule has 1 aromatic heterocycles. The average molecular weight is 281 g/mol. The Morgan fingerprint density at radius 2 is 1.79 bits per heavy atom. The first-order valence-electron chi connectivity index (χ1n) is 7.54. The lowest BCUT2D eigenvalue weighted by molar-refractivity contribution is 0.340. The van der Waals surface area contributed by atoms with Crippen LogP contribution in [0.2, 0.25) is 0 Å². The predicted octanol–water partition coefficient (Wildman–Crippen LogP) is 4.07. The van der Waals surface area contributed by atoms with Crippen molar-refractivity contribution < 1.29 is 0 Å². The largest absolute Gasteiger partial charge is 0.312 e. The Morgan fingerprint density at radius 1 is 1.16 bits per heavy atom. The van der Waals surface area contributed by atoms with Gasteiger partial charge in [0.05, 0.1) is 10.6 Å². The average Bonchev–Trinajstić information content (AvgIpc) is 2.68. The number of rotatable bonds is 3. The third-order valence-corrected chi connectivity index (χ3v) is 5.00. The number of nitrogens with zero attached hydrogens (tertiary/aromatic N) is 2. The first-order chi connectivity index (χ1) is 9.04. The summed E-state index contributed by atoms with van der Waals surface area (Å²) in [4.78, 5) is 1.36. The number of aromatic nitrogens is 2. The molecule has 19 heavy (non-hydrogen) atoms. The van der Waals surface area contributed by atoms with Crippen molar-refractivity contribution in [2.24, 2.45) is 5.92 Å². The fraction of sp³-hybridized carbons (Fsp3) is 0.867. The van der Waals surface area contributed by atoms with Crippen molar-refractivity contribution in [2.45, 2.75) is 70.8 Å². The van der Waals surface area contributed by atoms with Gasteiger partial charge < -0.3 is 5.32 Å². The van der Waals surface area contributed by atoms with Crippen LogP contribution in [0.3, 0.4) is 0 Å². The Labute approximate surface area is 121 Å². The third-order valence-electron chi connectivity index (χ3n) is 4.19. The molecule has 1 N–H and O–H groups in total. The summed E-state index contributed by atoms with van der Waals surface area (Å²) < 4.78 is 4.23. The van der Waals surface area contributed by atoms with Crippen molar-refractivity contribution in [1.29, 1.82) is 0 Å². The smallest absolute Gasteiger partial charge is 0.0857 e. The molecule has 3 nitrogen and oxygen atoms in total. The summed E-state index contributed by atoms with van der Waals surface area (Å²) in [5.74, 6) is 0.746. The lowest BCUT2D eigenvalue weighted by atomic mass is 9.85. The molecule has 1 unspecified atom stereocenters. The molecular weight excluding hydrogens is 254 g/mol. The number of hydrogen-bond donors (Lipinski definition) is 1. The van der Waals surface area contributed by atoms with Crippen LogP contribution in [-0.4, -0.2) is 16.6 Å². The zero-order valence-electron chi connectivity index (χ0n) is 12.7. The zero-order valence-corrected chi connectivity index (χ0v) is 13.5. The second kappa shape index (κ2) is 6.31. The molecule has 1 atom stereocenters. The van der Waals surface area contributed by atoms with Gasteiger partial charge >= 0.3 is 0 Å². The molecule has 0 amide bonds. The topological polar surface area (TPSA) is 37.8 Å². The second-order valence-electron chi connectivity index (χ2n) is 6.75. The van der Waals surface area contributed by atoms with E-state index in [1.54, 1.807) is 11.5 Å². The minimum Gasteiger partial charge on any atom is -0.312 e. The van der Waals surface area contributed by atoms with Crippen LogP contribution in [0.5, 0.6) is 0 Å². The van der Waals surface area contributed by atoms with Gasteiger partial charge in [0, 0.05) is 11.5 Å². The zero-order chi connectivity index (χ0) is 13.9. The first kappa shape index (κ1) is 14.9. The van der Waals surface area contributed by atoms with Crippen LogP contribution in [0.15, 0.2) is 0 Å². The van der Waals surface area contributed by atoms with Crippen LogP contribution in [-0.2, 0) is 5.41 Å². The first-order valence-corrected chi connectivity index (χ1v) is 8.31. The molecule has 0 saturated heterocycles. The third kappa shape index (κ3) is 3.54. The Kier molecular flexibility index (Phi) is 4.96. The molecule has 1 saturated carbocycles. The maximum Gasteiger partial charge on any atom is 0.0857 e. The van der Waals surface area contributed by atoms with Crippen molar-refractivity contribution >= 4 is 11.5 Å². The van der Waals surface area contributed by atoms with E-state index < -0.39 is 0 Å². The molecule has 0 spiro atoms. The molecule has 4 heteroatoms. The van der Waals surface area contributed by atoms with E-state index in [1.165, 1.54) is 49.1 Å². The minimum absolute atomic E-state index is 0.0855. The van der Waals surface area contributed by atoms with Crippen molar-refractivity contribution in [3.63, 3.8) is 0 Å². The summed E-state index contributed by atoms with van der Waals surface area (Å²) in [6, 6.07) is 0.437. The van der Waals surface area contributed by atoms with Gasteiger partial charge in [-0.2, -0.15) is 0 Å². The van der Waals surface area contributed by atoms with E-state index >= 15 is 0 Å². The number of hydrogen-bond acceptors (Lipinski definition) is 4. The lowest BCUT2D eigenvalue weighted by Gasteiger charge is -2.27. The van der Waals surface area contributed by atoms with E-state index in [-0.39, 0.29) is 5.41 Å². The van der Waals surface area contributed by atoms with E-state index in [9.17, 15) is 0 Å². The van der Waals surface area contributed by atoms with Crippen molar-refractivity contribution in [3.05, 3.63) is 10.6 Å². The highest BCUT2D eigenvalue weighted by atomic mass is 32.1. The standard InChI is InChI=1S/C15H27N3S/c1-15(2,3)14-13(19-18-17-14)12(16-4)11-9-7-5-6-8-10-11/h11-12,16H,5-10H2,1-4H3. The molecule has 108 valence electrons. The SMILES string of the molecule is CNC(c1snnc1C(C)(C)C)C1CCCCCC1. The van der Waals surface area contributed by atoms with Crippen LogP contribution in [0.25, 0.3) is 0 Å². The molecule has 1 aliphatic carbocycles. The fourth-order valence-corrected chi connectivity index (χ4v) is 4.21. The Balaban J connectivity index is 2.24. The van der Waals surface area contributed by atoms with Gasteiger partial charge in [0.2, 0.25) is 0 Å². The number of nitrogens with one attached hydrogen (secondary N) is 1. The molecular formula is C15H27N3S. The van der Waals surface area contributed by atoms with Gasteiger partial charge in [-0.1, -0.05) is 50.9 Å². The fourth-order valence-electron chi connectivity index (χ4n) is 3.15. The van der Waals surface area contributed by atoms with Gasteiger partial charge in [-0.3, -0.25) is 0 Å². The highest BCUT2D eigenvalue weighted by molar-refractivity contribution is 7.05. The van der Waals surface area contributed by atoms with E-state index in [0.29, 0.717) is 6.04 Å². The molecule has 0 radical (unpaired) electrons. The monoisotopic (exact) mass is 281 g/mol. The van der Waals surface area contributed by atoms with Gasteiger partial charge in [0.25, 0.3) is 0 Å². The van der Waals surface area contributed by atoms with E-state index in [2.05, 4.69) is 42.7 Å². The van der Waals surface area contributed by atoms with Crippen molar-refractivity contribution in [2.75, 3.05) is 7.05 Å². The van der Waals surface area contributed by atoms with E-state index in [1.807, 2.05) is 0 Å². The summed E-state index contributed by atoms with van der Waals surface area (Å²) in [5.41, 5.74) is 1.27. The Bertz CT molecular complexity index is 386. The molecule has 0 bridgehead atoms. The van der Waals surface area contributed by atoms with Gasteiger partial charge in [-0.15, -0.1) is 5.10 Å². The quantitative estimate of drug-likeness (QED) is 0.849. The van der Waals surface area contributed by atoms with Crippen LogP contribution in [0.4, 0.5) is 0 Å². The molecule has 1 heterocycles. The summed E-state index contributed by atoms with van der Waals surface area (Å²) >= 11 is 1.59. The van der Waals surface area contributed by atoms with Gasteiger partial charge in [-0.05, 0) is 37.3 Å². The van der Waals surface area contributed by atoms with Crippen LogP contribution >= 0.6 is 11.5 Å². The highest BCUT2D eigenvalue weighted by Crippen LogP contribution is 2.38. The lowest BCUT2D eigenvalue weighted by Crippen LogP contribution is -2.27. The Morgan fingerprint density at radius 3 is 2.32 bits per heavy atom. The minimum atomic E-state index is 0.0855. The second-order valence-corrected chi connectivity index (χ2v) is 7.54. The van der Waals surface area contributed by atoms with E-state index in [0.717, 1.165) is 5.92 Å². The maximum atomic E-state index is 4.40. The van der Waals surface area contributed by atoms with Crippen molar-refractivity contribution in [3.8, 4) is 0 Å². The maximum absolute atomic E-state index is 4.40. The predicted molar refractivity (Wildman–Crippen MR) is 81.6 cm³/mol. The molecule has 1 aliphatic rings. The summed E-state index contributed by atoms with van der Waals surface area (Å²) in [6.45, 7) is 6.69. The molecule has 1 aromatic rings. The van der Waals surface area contributed by atoms with Gasteiger partial charge in [0.1, 0.15) is 0 Å². The summed E-state index contributed by atoms with van der Waals surface area (Å²) in [7, 11) is 2.09. The van der Waals surface area contributed by atoms with Gasteiger partial charge in [0.15, 0.2) is 0 Å². The van der Waals surface area contributed by atoms with E-state index in [4.69, 9.17) is 0 Å². The summed E-state index contributed by atoms with van der Waals surface area (Å²) in [5, 5.41) is 7.95. The van der Waals surface area contributed by atoms with Crippen LogP contribution in [0.1, 0.15) is 75.9 Å². The van der Waals surface area contributed by atoms with Crippen LogP contribution < -0.4 is 5.32 Å². The Hall–Kier alpha value is -0.480. The normalized spacial score (nSPS) is 20.2. The van der Waals surface area contributed by atoms with Gasteiger partial charge in [-0.25, -0.2) is 0 Å². The molecule has 0 aromatic carbocycles. The van der Waals surface area contributed by atoms with Crippen molar-refractivity contribution in [1.82, 2.24) is 14.9 Å².